The first-order chi connectivity index (χ1) is 18.6. The van der Waals surface area contributed by atoms with Crippen LogP contribution in [0.1, 0.15) is 12.8 Å². The second-order valence-corrected chi connectivity index (χ2v) is 13.6. The summed E-state index contributed by atoms with van der Waals surface area (Å²) in [6.45, 7) is 0. The maximum atomic E-state index is 12.4. The maximum absolute atomic E-state index is 12.4. The summed E-state index contributed by atoms with van der Waals surface area (Å²) in [5, 5.41) is 7.37. The number of carbonyl (C=O) groups is 2. The molecule has 1 heterocycles. The topological polar surface area (TPSA) is 139 Å². The lowest BCUT2D eigenvalue weighted by molar-refractivity contribution is -0.116. The molecule has 202 valence electrons. The second-order valence-electron chi connectivity index (χ2n) is 8.48. The van der Waals surface area contributed by atoms with E-state index in [0.717, 1.165) is 0 Å². The number of nitrogens with zero attached hydrogens (tertiary/aromatic N) is 1. The molecule has 0 spiro atoms. The van der Waals surface area contributed by atoms with Crippen LogP contribution in [0.15, 0.2) is 100 Å². The van der Waals surface area contributed by atoms with Gasteiger partial charge in [-0.15, -0.1) is 11.3 Å². The highest BCUT2D eigenvalue weighted by molar-refractivity contribution is 7.91. The van der Waals surface area contributed by atoms with Crippen LogP contribution in [-0.4, -0.2) is 45.1 Å². The van der Waals surface area contributed by atoms with Gasteiger partial charge in [-0.1, -0.05) is 48.5 Å². The van der Waals surface area contributed by atoms with E-state index in [4.69, 9.17) is 0 Å². The third-order valence-corrected chi connectivity index (χ3v) is 9.81. The maximum Gasteiger partial charge on any atom is 0.227 e. The van der Waals surface area contributed by atoms with Crippen molar-refractivity contribution in [3.63, 3.8) is 0 Å². The van der Waals surface area contributed by atoms with Crippen molar-refractivity contribution in [2.45, 2.75) is 22.6 Å². The van der Waals surface area contributed by atoms with Crippen LogP contribution in [0.3, 0.4) is 0 Å². The number of rotatable bonds is 11. The van der Waals surface area contributed by atoms with Crippen LogP contribution >= 0.6 is 11.3 Å². The Morgan fingerprint density at radius 1 is 0.692 bits per heavy atom. The molecule has 0 bridgehead atoms. The Labute approximate surface area is 230 Å². The molecule has 0 aliphatic heterocycles. The predicted molar refractivity (Wildman–Crippen MR) is 151 cm³/mol. The largest absolute Gasteiger partial charge is 0.326 e. The van der Waals surface area contributed by atoms with Crippen molar-refractivity contribution in [1.82, 2.24) is 4.98 Å². The number of anilines is 2. The highest BCUT2D eigenvalue weighted by atomic mass is 32.2. The minimum absolute atomic E-state index is 0.166. The molecule has 2 amide bonds. The number of amides is 2. The van der Waals surface area contributed by atoms with Gasteiger partial charge in [0.05, 0.1) is 27.0 Å². The van der Waals surface area contributed by atoms with Gasteiger partial charge in [0.15, 0.2) is 24.8 Å². The molecule has 0 radical (unpaired) electrons. The molecule has 0 unspecified atom stereocenters. The molecule has 0 saturated heterocycles. The van der Waals surface area contributed by atoms with E-state index in [0.29, 0.717) is 22.1 Å². The first kappa shape index (κ1) is 28.1. The van der Waals surface area contributed by atoms with Gasteiger partial charge in [-0.2, -0.15) is 0 Å². The number of sulfone groups is 2. The summed E-state index contributed by atoms with van der Waals surface area (Å²) in [4.78, 5) is 29.5. The molecular formula is C27H25N3O6S3. The van der Waals surface area contributed by atoms with Crippen molar-refractivity contribution in [3.05, 3.63) is 90.3 Å². The van der Waals surface area contributed by atoms with Crippen LogP contribution in [0.5, 0.6) is 0 Å². The average Bonchev–Trinajstić information content (AvgIpc) is 3.40. The molecular weight excluding hydrogens is 559 g/mol. The first-order valence-corrected chi connectivity index (χ1v) is 16.0. The fourth-order valence-electron chi connectivity index (χ4n) is 3.57. The minimum Gasteiger partial charge on any atom is -0.326 e. The van der Waals surface area contributed by atoms with E-state index < -0.39 is 31.5 Å². The Bertz CT molecular complexity index is 1670. The standard InChI is InChI=1S/C27H25N3O6S3/c31-25(14-16-38(33,34)22-10-3-1-4-11-22)28-21-9-7-8-20(18-21)24-19-37-27(29-24)30-26(32)15-17-39(35,36)23-12-5-2-6-13-23/h1-13,18-19H,14-17H2,(H,28,31)(H,29,30,32). The third kappa shape index (κ3) is 7.82. The van der Waals surface area contributed by atoms with E-state index in [1.165, 1.54) is 35.6 Å². The van der Waals surface area contributed by atoms with Crippen LogP contribution in [-0.2, 0) is 29.3 Å². The highest BCUT2D eigenvalue weighted by Crippen LogP contribution is 2.27. The van der Waals surface area contributed by atoms with E-state index >= 15 is 0 Å². The molecule has 0 aliphatic carbocycles. The van der Waals surface area contributed by atoms with Crippen molar-refractivity contribution >= 4 is 53.6 Å². The zero-order chi connectivity index (χ0) is 27.9. The molecule has 4 aromatic rings. The number of nitrogens with one attached hydrogen (secondary N) is 2. The van der Waals surface area contributed by atoms with Gasteiger partial charge in [-0.25, -0.2) is 21.8 Å². The molecule has 0 saturated carbocycles. The summed E-state index contributed by atoms with van der Waals surface area (Å²) in [5.74, 6) is -1.55. The molecule has 4 rings (SSSR count). The minimum atomic E-state index is -3.57. The summed E-state index contributed by atoms with van der Waals surface area (Å²) >= 11 is 1.18. The Morgan fingerprint density at radius 3 is 1.79 bits per heavy atom. The van der Waals surface area contributed by atoms with Gasteiger partial charge < -0.3 is 10.6 Å². The first-order valence-electron chi connectivity index (χ1n) is 11.8. The Balaban J connectivity index is 1.32. The summed E-state index contributed by atoms with van der Waals surface area (Å²) < 4.78 is 49.6. The Morgan fingerprint density at radius 2 is 1.23 bits per heavy atom. The van der Waals surface area contributed by atoms with Crippen molar-refractivity contribution in [1.29, 1.82) is 0 Å². The molecule has 0 aliphatic rings. The molecule has 39 heavy (non-hydrogen) atoms. The summed E-state index contributed by atoms with van der Waals surface area (Å²) in [6, 6.07) is 22.8. The smallest absolute Gasteiger partial charge is 0.227 e. The van der Waals surface area contributed by atoms with Crippen LogP contribution in [0.4, 0.5) is 10.8 Å². The number of benzene rings is 3. The summed E-state index contributed by atoms with van der Waals surface area (Å²) in [7, 11) is -7.14. The zero-order valence-electron chi connectivity index (χ0n) is 20.6. The molecule has 12 heteroatoms. The van der Waals surface area contributed by atoms with Crippen molar-refractivity contribution in [3.8, 4) is 11.3 Å². The zero-order valence-corrected chi connectivity index (χ0v) is 23.1. The van der Waals surface area contributed by atoms with Crippen LogP contribution in [0, 0.1) is 0 Å². The van der Waals surface area contributed by atoms with E-state index in [2.05, 4.69) is 15.6 Å². The molecule has 9 nitrogen and oxygen atoms in total. The number of hydrogen-bond donors (Lipinski definition) is 2. The molecule has 1 aromatic heterocycles. The fourth-order valence-corrected chi connectivity index (χ4v) is 6.83. The number of aromatic nitrogens is 1. The van der Waals surface area contributed by atoms with Gasteiger partial charge in [-0.3, -0.25) is 9.59 Å². The van der Waals surface area contributed by atoms with Gasteiger partial charge in [-0.05, 0) is 36.4 Å². The summed E-state index contributed by atoms with van der Waals surface area (Å²) in [5.41, 5.74) is 1.70. The number of carbonyl (C=O) groups excluding carboxylic acids is 2. The molecule has 0 atom stereocenters. The SMILES string of the molecule is O=C(CCS(=O)(=O)c1ccccc1)Nc1cccc(-c2csc(NC(=O)CCS(=O)(=O)c3ccccc3)n2)c1. The van der Waals surface area contributed by atoms with Gasteiger partial charge in [0.25, 0.3) is 0 Å². The van der Waals surface area contributed by atoms with Crippen LogP contribution < -0.4 is 10.6 Å². The van der Waals surface area contributed by atoms with Gasteiger partial charge in [0.1, 0.15) is 0 Å². The van der Waals surface area contributed by atoms with Crippen LogP contribution in [0.2, 0.25) is 0 Å². The molecule has 0 fully saturated rings. The van der Waals surface area contributed by atoms with Gasteiger partial charge in [0.2, 0.25) is 11.8 Å². The highest BCUT2D eigenvalue weighted by Gasteiger charge is 2.18. The number of hydrogen-bond acceptors (Lipinski definition) is 8. The normalized spacial score (nSPS) is 11.6. The Hall–Kier alpha value is -3.87. The van der Waals surface area contributed by atoms with Gasteiger partial charge >= 0.3 is 0 Å². The second kappa shape index (κ2) is 12.3. The molecule has 3 aromatic carbocycles. The lowest BCUT2D eigenvalue weighted by atomic mass is 10.1. The lowest BCUT2D eigenvalue weighted by Gasteiger charge is -2.08. The molecule has 2 N–H and O–H groups in total. The van der Waals surface area contributed by atoms with E-state index in [9.17, 15) is 26.4 Å². The summed E-state index contributed by atoms with van der Waals surface area (Å²) in [6.07, 6.45) is -0.415. The fraction of sp³-hybridized carbons (Fsp3) is 0.148. The van der Waals surface area contributed by atoms with Crippen molar-refractivity contribution < 1.29 is 26.4 Å². The quantitative estimate of drug-likeness (QED) is 0.267. The van der Waals surface area contributed by atoms with Crippen LogP contribution in [0.25, 0.3) is 11.3 Å². The predicted octanol–water partition coefficient (Wildman–Crippen LogP) is 4.42. The lowest BCUT2D eigenvalue weighted by Crippen LogP contribution is -2.17. The van der Waals surface area contributed by atoms with Crippen molar-refractivity contribution in [2.75, 3.05) is 22.1 Å². The Kier molecular flexibility index (Phi) is 8.90. The van der Waals surface area contributed by atoms with E-state index in [-0.39, 0.29) is 34.1 Å². The third-order valence-electron chi connectivity index (χ3n) is 5.59. The number of thiazole rings is 1. The van der Waals surface area contributed by atoms with E-state index in [1.807, 2.05) is 0 Å². The average molecular weight is 584 g/mol. The van der Waals surface area contributed by atoms with Gasteiger partial charge in [0, 0.05) is 29.5 Å². The van der Waals surface area contributed by atoms with E-state index in [1.54, 1.807) is 66.0 Å². The van der Waals surface area contributed by atoms with Crippen molar-refractivity contribution in [2.24, 2.45) is 0 Å². The monoisotopic (exact) mass is 583 g/mol.